The summed E-state index contributed by atoms with van der Waals surface area (Å²) < 4.78 is 0. The van der Waals surface area contributed by atoms with Crippen molar-refractivity contribution < 1.29 is 10.2 Å². The summed E-state index contributed by atoms with van der Waals surface area (Å²) >= 11 is 0. The molecule has 0 unspecified atom stereocenters. The van der Waals surface area contributed by atoms with E-state index < -0.39 is 0 Å². The molecule has 1 aromatic carbocycles. The number of phenols is 1. The number of rotatable bonds is 2. The maximum atomic E-state index is 9.30. The highest BCUT2D eigenvalue weighted by Crippen LogP contribution is 2.23. The van der Waals surface area contributed by atoms with Crippen LogP contribution in [0.2, 0.25) is 0 Å². The summed E-state index contributed by atoms with van der Waals surface area (Å²) in [4.78, 5) is 0. The number of aliphatic hydroxyl groups is 1. The third-order valence-electron chi connectivity index (χ3n) is 1.74. The summed E-state index contributed by atoms with van der Waals surface area (Å²) in [6.45, 7) is 1.94. The Morgan fingerprint density at radius 1 is 1.36 bits per heavy atom. The molecule has 60 valence electrons. The van der Waals surface area contributed by atoms with Gasteiger partial charge in [-0.25, -0.2) is 0 Å². The Morgan fingerprint density at radius 2 is 2.00 bits per heavy atom. The third-order valence-corrected chi connectivity index (χ3v) is 1.74. The molecule has 0 saturated heterocycles. The van der Waals surface area contributed by atoms with Gasteiger partial charge in [0.05, 0.1) is 0 Å². The molecule has 2 nitrogen and oxygen atoms in total. The molecule has 0 radical (unpaired) electrons. The van der Waals surface area contributed by atoms with Crippen LogP contribution < -0.4 is 0 Å². The van der Waals surface area contributed by atoms with Crippen LogP contribution in [-0.2, 0) is 0 Å². The van der Waals surface area contributed by atoms with Gasteiger partial charge in [0, 0.05) is 12.5 Å². The van der Waals surface area contributed by atoms with Crippen LogP contribution in [0.1, 0.15) is 18.4 Å². The van der Waals surface area contributed by atoms with Crippen molar-refractivity contribution in [1.82, 2.24) is 0 Å². The summed E-state index contributed by atoms with van der Waals surface area (Å²) in [6, 6.07) is 7.06. The number of aliphatic hydroxyl groups excluding tert-OH is 1. The molecule has 0 heterocycles. The van der Waals surface area contributed by atoms with Crippen LogP contribution in [0.5, 0.6) is 5.75 Å². The molecule has 1 atom stereocenters. The second-order valence-electron chi connectivity index (χ2n) is 2.64. The Morgan fingerprint density at radius 3 is 2.55 bits per heavy atom. The van der Waals surface area contributed by atoms with E-state index >= 15 is 0 Å². The van der Waals surface area contributed by atoms with Crippen molar-refractivity contribution in [2.75, 3.05) is 6.61 Å². The van der Waals surface area contributed by atoms with Crippen molar-refractivity contribution in [2.24, 2.45) is 0 Å². The molecular weight excluding hydrogens is 140 g/mol. The van der Waals surface area contributed by atoms with Gasteiger partial charge in [-0.2, -0.15) is 0 Å². The zero-order valence-corrected chi connectivity index (χ0v) is 6.49. The lowest BCUT2D eigenvalue weighted by Gasteiger charge is -2.08. The lowest BCUT2D eigenvalue weighted by molar-refractivity contribution is 0.270. The molecule has 0 amide bonds. The Hall–Kier alpha value is -1.02. The first kappa shape index (κ1) is 8.08. The lowest BCUT2D eigenvalue weighted by atomic mass is 10.0. The minimum absolute atomic E-state index is 0.0104. The van der Waals surface area contributed by atoms with Crippen molar-refractivity contribution in [3.8, 4) is 5.75 Å². The van der Waals surface area contributed by atoms with Crippen molar-refractivity contribution in [2.45, 2.75) is 12.8 Å². The molecule has 1 rings (SSSR count). The molecule has 0 aromatic heterocycles. The number of phenolic OH excluding ortho intramolecular Hbond substituents is 1. The van der Waals surface area contributed by atoms with E-state index in [1.54, 1.807) is 12.1 Å². The van der Waals surface area contributed by atoms with Crippen LogP contribution in [0.15, 0.2) is 24.3 Å². The first-order valence-electron chi connectivity index (χ1n) is 3.64. The summed E-state index contributed by atoms with van der Waals surface area (Å²) in [5.74, 6) is 0.269. The molecule has 0 bridgehead atoms. The zero-order chi connectivity index (χ0) is 8.27. The summed E-state index contributed by atoms with van der Waals surface area (Å²) in [5.41, 5.74) is 0.801. The van der Waals surface area contributed by atoms with Gasteiger partial charge in [0.2, 0.25) is 0 Å². The molecule has 0 aliphatic rings. The fraction of sp³-hybridized carbons (Fsp3) is 0.333. The number of hydrogen-bond acceptors (Lipinski definition) is 2. The molecule has 0 aliphatic carbocycles. The average Bonchev–Trinajstić information content (AvgIpc) is 2.04. The number of para-hydroxylation sites is 1. The Kier molecular flexibility index (Phi) is 2.49. The maximum absolute atomic E-state index is 9.30. The Balaban J connectivity index is 2.93. The average molecular weight is 152 g/mol. The number of hydrogen-bond donors (Lipinski definition) is 2. The molecule has 0 spiro atoms. The van der Waals surface area contributed by atoms with E-state index in [4.69, 9.17) is 5.11 Å². The van der Waals surface area contributed by atoms with E-state index in [0.717, 1.165) is 5.56 Å². The van der Waals surface area contributed by atoms with Gasteiger partial charge in [0.1, 0.15) is 5.75 Å². The second kappa shape index (κ2) is 3.39. The van der Waals surface area contributed by atoms with Gasteiger partial charge in [0.15, 0.2) is 0 Å². The smallest absolute Gasteiger partial charge is 0.119 e. The SMILES string of the molecule is C[C@H](CO)c1ccccc1O. The quantitative estimate of drug-likeness (QED) is 0.674. The van der Waals surface area contributed by atoms with E-state index in [1.165, 1.54) is 0 Å². The monoisotopic (exact) mass is 152 g/mol. The third kappa shape index (κ3) is 1.71. The van der Waals surface area contributed by atoms with E-state index in [9.17, 15) is 5.11 Å². The van der Waals surface area contributed by atoms with Crippen LogP contribution in [0, 0.1) is 0 Å². The van der Waals surface area contributed by atoms with Gasteiger partial charge in [0.25, 0.3) is 0 Å². The fourth-order valence-corrected chi connectivity index (χ4v) is 1.00. The van der Waals surface area contributed by atoms with E-state index in [-0.39, 0.29) is 18.3 Å². The van der Waals surface area contributed by atoms with Crippen molar-refractivity contribution in [3.05, 3.63) is 29.8 Å². The molecule has 2 heteroatoms. The Labute approximate surface area is 66.1 Å². The standard InChI is InChI=1S/C9H12O2/c1-7(6-10)8-4-2-3-5-9(8)11/h2-5,7,10-11H,6H2,1H3/t7-/m1/s1. The first-order chi connectivity index (χ1) is 5.25. The Bertz CT molecular complexity index is 233. The minimum Gasteiger partial charge on any atom is -0.508 e. The van der Waals surface area contributed by atoms with E-state index in [0.29, 0.717) is 0 Å². The van der Waals surface area contributed by atoms with Crippen molar-refractivity contribution in [3.63, 3.8) is 0 Å². The zero-order valence-electron chi connectivity index (χ0n) is 6.49. The number of aromatic hydroxyl groups is 1. The van der Waals surface area contributed by atoms with Gasteiger partial charge >= 0.3 is 0 Å². The van der Waals surface area contributed by atoms with Crippen molar-refractivity contribution >= 4 is 0 Å². The molecule has 11 heavy (non-hydrogen) atoms. The lowest BCUT2D eigenvalue weighted by Crippen LogP contribution is -1.98. The first-order valence-corrected chi connectivity index (χ1v) is 3.64. The molecule has 0 aliphatic heterocycles. The minimum atomic E-state index is 0.0104. The predicted molar refractivity (Wildman–Crippen MR) is 43.6 cm³/mol. The van der Waals surface area contributed by atoms with Crippen LogP contribution >= 0.6 is 0 Å². The summed E-state index contributed by atoms with van der Waals surface area (Å²) in [5, 5.41) is 18.1. The molecule has 1 aromatic rings. The maximum Gasteiger partial charge on any atom is 0.119 e. The van der Waals surface area contributed by atoms with Gasteiger partial charge in [-0.15, -0.1) is 0 Å². The van der Waals surface area contributed by atoms with Crippen LogP contribution in [0.4, 0.5) is 0 Å². The van der Waals surface area contributed by atoms with Gasteiger partial charge in [-0.05, 0) is 11.6 Å². The van der Waals surface area contributed by atoms with Gasteiger partial charge in [-0.3, -0.25) is 0 Å². The van der Waals surface area contributed by atoms with E-state index in [1.807, 2.05) is 19.1 Å². The summed E-state index contributed by atoms with van der Waals surface area (Å²) in [6.07, 6.45) is 0. The highest BCUT2D eigenvalue weighted by Gasteiger charge is 2.06. The van der Waals surface area contributed by atoms with Gasteiger partial charge in [-0.1, -0.05) is 25.1 Å². The largest absolute Gasteiger partial charge is 0.508 e. The molecule has 2 N–H and O–H groups in total. The van der Waals surface area contributed by atoms with E-state index in [2.05, 4.69) is 0 Å². The fourth-order valence-electron chi connectivity index (χ4n) is 1.00. The second-order valence-corrected chi connectivity index (χ2v) is 2.64. The topological polar surface area (TPSA) is 40.5 Å². The highest BCUT2D eigenvalue weighted by atomic mass is 16.3. The van der Waals surface area contributed by atoms with Crippen LogP contribution in [0.25, 0.3) is 0 Å². The highest BCUT2D eigenvalue weighted by molar-refractivity contribution is 5.34. The predicted octanol–water partition coefficient (Wildman–Crippen LogP) is 1.49. The van der Waals surface area contributed by atoms with Crippen LogP contribution in [0.3, 0.4) is 0 Å². The normalized spacial score (nSPS) is 12.9. The molecule has 0 saturated carbocycles. The van der Waals surface area contributed by atoms with Crippen molar-refractivity contribution in [1.29, 1.82) is 0 Å². The molecular formula is C9H12O2. The molecule has 0 fully saturated rings. The van der Waals surface area contributed by atoms with Gasteiger partial charge < -0.3 is 10.2 Å². The summed E-state index contributed by atoms with van der Waals surface area (Å²) in [7, 11) is 0. The number of benzene rings is 1. The van der Waals surface area contributed by atoms with Crippen LogP contribution in [-0.4, -0.2) is 16.8 Å².